The van der Waals surface area contributed by atoms with Crippen LogP contribution >= 0.6 is 0 Å². The first kappa shape index (κ1) is 32.1. The minimum absolute atomic E-state index is 0.0105. The molecule has 0 bridgehead atoms. The molecule has 0 amide bonds. The summed E-state index contributed by atoms with van der Waals surface area (Å²) in [7, 11) is 0. The van der Waals surface area contributed by atoms with Crippen molar-refractivity contribution in [3.63, 3.8) is 0 Å². The van der Waals surface area contributed by atoms with Crippen LogP contribution in [-0.4, -0.2) is 28.7 Å². The van der Waals surface area contributed by atoms with Crippen molar-refractivity contribution in [2.75, 3.05) is 6.61 Å². The van der Waals surface area contributed by atoms with Crippen LogP contribution in [0.15, 0.2) is 48.8 Å². The summed E-state index contributed by atoms with van der Waals surface area (Å²) in [5.41, 5.74) is 1.48. The van der Waals surface area contributed by atoms with Crippen molar-refractivity contribution in [2.24, 2.45) is 11.8 Å². The van der Waals surface area contributed by atoms with Crippen molar-refractivity contribution >= 4 is 5.97 Å². The number of hydrogen-bond donors (Lipinski definition) is 0. The Hall–Kier alpha value is -3.42. The molecule has 0 aliphatic heterocycles. The molecule has 0 N–H and O–H groups in total. The van der Waals surface area contributed by atoms with Gasteiger partial charge in [-0.1, -0.05) is 72.3 Å². The summed E-state index contributed by atoms with van der Waals surface area (Å²) in [6, 6.07) is 8.59. The van der Waals surface area contributed by atoms with Gasteiger partial charge < -0.3 is 9.47 Å². The fourth-order valence-electron chi connectivity index (χ4n) is 4.36. The summed E-state index contributed by atoms with van der Waals surface area (Å²) in [6.07, 6.45) is 8.83. The summed E-state index contributed by atoms with van der Waals surface area (Å²) < 4.78 is 54.1. The third kappa shape index (κ3) is 10.2. The van der Waals surface area contributed by atoms with Gasteiger partial charge >= 0.3 is 5.97 Å². The van der Waals surface area contributed by atoms with E-state index in [-0.39, 0.29) is 29.8 Å². The van der Waals surface area contributed by atoms with Gasteiger partial charge in [-0.15, -0.1) is 0 Å². The van der Waals surface area contributed by atoms with E-state index in [4.69, 9.17) is 9.47 Å². The van der Waals surface area contributed by atoms with Gasteiger partial charge in [0.15, 0.2) is 29.0 Å². The molecule has 0 aliphatic rings. The summed E-state index contributed by atoms with van der Waals surface area (Å²) in [5, 5.41) is 0. The molecule has 3 aromatic rings. The first-order valence-corrected chi connectivity index (χ1v) is 14.6. The van der Waals surface area contributed by atoms with Crippen molar-refractivity contribution in [3.8, 4) is 34.0 Å². The molecule has 222 valence electrons. The van der Waals surface area contributed by atoms with Crippen molar-refractivity contribution < 1.29 is 27.4 Å². The number of carbonyl (C=O) groups is 1. The zero-order valence-electron chi connectivity index (χ0n) is 24.5. The number of aromatic nitrogens is 2. The van der Waals surface area contributed by atoms with E-state index >= 15 is 0 Å². The highest BCUT2D eigenvalue weighted by molar-refractivity contribution is 5.75. The second kappa shape index (κ2) is 16.1. The molecule has 0 saturated carbocycles. The molecule has 0 saturated heterocycles. The van der Waals surface area contributed by atoms with Gasteiger partial charge in [-0.3, -0.25) is 4.79 Å². The first-order chi connectivity index (χ1) is 19.7. The molecule has 0 aliphatic carbocycles. The van der Waals surface area contributed by atoms with Gasteiger partial charge in [0.05, 0.1) is 5.92 Å². The second-order valence-corrected chi connectivity index (χ2v) is 11.0. The smallest absolute Gasteiger partial charge is 0.314 e. The second-order valence-electron chi connectivity index (χ2n) is 11.0. The monoisotopic (exact) mass is 570 g/mol. The van der Waals surface area contributed by atoms with Crippen LogP contribution in [0.25, 0.3) is 22.5 Å². The molecule has 41 heavy (non-hydrogen) atoms. The SMILES string of the molecule is CCCCCCC(F)COc1ccc(-c2cnc(-c3ccc(OC(=O)C(C)CCCC(C)C)c(F)c3)nc2)cc1F. The number of unbranched alkanes of at least 4 members (excludes halogenated alkanes) is 3. The highest BCUT2D eigenvalue weighted by Gasteiger charge is 2.18. The van der Waals surface area contributed by atoms with Crippen LogP contribution < -0.4 is 9.47 Å². The standard InChI is InChI=1S/C33H41F3N2O3/c1-5-6-7-8-12-27(34)21-40-30-15-13-24(17-28(30)35)26-19-37-32(38-20-26)25-14-16-31(29(36)18-25)41-33(39)23(4)11-9-10-22(2)3/h13-20,22-23,27H,5-12,21H2,1-4H3. The molecule has 2 atom stereocenters. The Balaban J connectivity index is 1.58. The normalized spacial score (nSPS) is 12.8. The van der Waals surface area contributed by atoms with E-state index < -0.39 is 23.8 Å². The molecular weight excluding hydrogens is 529 g/mol. The average Bonchev–Trinajstić information content (AvgIpc) is 2.95. The third-order valence-electron chi connectivity index (χ3n) is 6.93. The summed E-state index contributed by atoms with van der Waals surface area (Å²) in [4.78, 5) is 21.0. The van der Waals surface area contributed by atoms with E-state index in [0.29, 0.717) is 35.4 Å². The van der Waals surface area contributed by atoms with Crippen LogP contribution in [0.2, 0.25) is 0 Å². The quantitative estimate of drug-likeness (QED) is 0.0976. The van der Waals surface area contributed by atoms with Crippen LogP contribution in [0, 0.1) is 23.5 Å². The lowest BCUT2D eigenvalue weighted by Crippen LogP contribution is -2.18. The largest absolute Gasteiger partial charge is 0.487 e. The topological polar surface area (TPSA) is 61.3 Å². The van der Waals surface area contributed by atoms with Crippen molar-refractivity contribution in [1.82, 2.24) is 9.97 Å². The van der Waals surface area contributed by atoms with E-state index in [0.717, 1.165) is 38.5 Å². The van der Waals surface area contributed by atoms with Gasteiger partial charge in [0, 0.05) is 23.5 Å². The Morgan fingerprint density at radius 3 is 2.12 bits per heavy atom. The number of benzene rings is 2. The molecule has 2 unspecified atom stereocenters. The molecule has 0 fully saturated rings. The molecule has 1 heterocycles. The van der Waals surface area contributed by atoms with Gasteiger partial charge in [0.2, 0.25) is 0 Å². The maximum Gasteiger partial charge on any atom is 0.314 e. The van der Waals surface area contributed by atoms with E-state index in [1.807, 2.05) is 0 Å². The van der Waals surface area contributed by atoms with Crippen LogP contribution in [0.3, 0.4) is 0 Å². The number of ether oxygens (including phenoxy) is 2. The number of carbonyl (C=O) groups excluding carboxylic acids is 1. The molecule has 5 nitrogen and oxygen atoms in total. The fraction of sp³-hybridized carbons (Fsp3) is 0.485. The number of nitrogens with zero attached hydrogens (tertiary/aromatic N) is 2. The molecule has 1 aromatic heterocycles. The third-order valence-corrected chi connectivity index (χ3v) is 6.93. The minimum Gasteiger partial charge on any atom is -0.487 e. The molecule has 2 aromatic carbocycles. The van der Waals surface area contributed by atoms with Crippen LogP contribution in [-0.2, 0) is 4.79 Å². The maximum atomic E-state index is 14.7. The molecule has 0 spiro atoms. The van der Waals surface area contributed by atoms with Gasteiger partial charge in [-0.2, -0.15) is 0 Å². The summed E-state index contributed by atoms with van der Waals surface area (Å²) in [6.45, 7) is 7.96. The molecular formula is C33H41F3N2O3. The van der Waals surface area contributed by atoms with Crippen molar-refractivity contribution in [3.05, 3.63) is 60.4 Å². The number of esters is 1. The van der Waals surface area contributed by atoms with Gasteiger partial charge in [0.25, 0.3) is 0 Å². The Bertz CT molecular complexity index is 1250. The fourth-order valence-corrected chi connectivity index (χ4v) is 4.36. The average molecular weight is 571 g/mol. The van der Waals surface area contributed by atoms with Gasteiger partial charge in [-0.05, 0) is 54.7 Å². The van der Waals surface area contributed by atoms with Gasteiger partial charge in [0.1, 0.15) is 12.8 Å². The summed E-state index contributed by atoms with van der Waals surface area (Å²) >= 11 is 0. The van der Waals surface area contributed by atoms with Crippen LogP contribution in [0.1, 0.15) is 79.1 Å². The van der Waals surface area contributed by atoms with Crippen LogP contribution in [0.4, 0.5) is 13.2 Å². The Morgan fingerprint density at radius 1 is 0.805 bits per heavy atom. The van der Waals surface area contributed by atoms with Crippen molar-refractivity contribution in [1.29, 1.82) is 0 Å². The zero-order chi connectivity index (χ0) is 29.8. The Labute approximate surface area is 241 Å². The van der Waals surface area contributed by atoms with Gasteiger partial charge in [-0.25, -0.2) is 23.1 Å². The predicted octanol–water partition coefficient (Wildman–Crippen LogP) is 9.14. The number of alkyl halides is 1. The van der Waals surface area contributed by atoms with E-state index in [9.17, 15) is 18.0 Å². The molecule has 3 rings (SSSR count). The number of hydrogen-bond acceptors (Lipinski definition) is 5. The number of halogens is 3. The lowest BCUT2D eigenvalue weighted by molar-refractivity contribution is -0.138. The zero-order valence-corrected chi connectivity index (χ0v) is 24.5. The molecule has 0 radical (unpaired) electrons. The highest BCUT2D eigenvalue weighted by Crippen LogP contribution is 2.28. The van der Waals surface area contributed by atoms with Crippen LogP contribution in [0.5, 0.6) is 11.5 Å². The summed E-state index contributed by atoms with van der Waals surface area (Å²) in [5.74, 6) is -1.40. The molecule has 8 heteroatoms. The Kier molecular flexibility index (Phi) is 12.6. The van der Waals surface area contributed by atoms with E-state index in [1.165, 1.54) is 36.7 Å². The maximum absolute atomic E-state index is 14.7. The lowest BCUT2D eigenvalue weighted by atomic mass is 10.00. The predicted molar refractivity (Wildman–Crippen MR) is 155 cm³/mol. The Morgan fingerprint density at radius 2 is 1.46 bits per heavy atom. The first-order valence-electron chi connectivity index (χ1n) is 14.6. The van der Waals surface area contributed by atoms with E-state index in [1.54, 1.807) is 19.1 Å². The van der Waals surface area contributed by atoms with E-state index in [2.05, 4.69) is 30.7 Å². The minimum atomic E-state index is -1.14. The van der Waals surface area contributed by atoms with Crippen molar-refractivity contribution in [2.45, 2.75) is 85.2 Å². The number of rotatable bonds is 16. The lowest BCUT2D eigenvalue weighted by Gasteiger charge is -2.13. The highest BCUT2D eigenvalue weighted by atomic mass is 19.1.